The summed E-state index contributed by atoms with van der Waals surface area (Å²) in [6.07, 6.45) is 9.61. The van der Waals surface area contributed by atoms with Crippen molar-refractivity contribution in [3.8, 4) is 0 Å². The van der Waals surface area contributed by atoms with Crippen molar-refractivity contribution in [1.29, 1.82) is 0 Å². The van der Waals surface area contributed by atoms with Crippen LogP contribution in [-0.2, 0) is 17.9 Å². The van der Waals surface area contributed by atoms with Crippen molar-refractivity contribution in [2.75, 3.05) is 26.2 Å². The van der Waals surface area contributed by atoms with E-state index in [0.29, 0.717) is 18.4 Å². The summed E-state index contributed by atoms with van der Waals surface area (Å²) in [4.78, 5) is 25.8. The largest absolute Gasteiger partial charge is 0.349 e. The molecule has 2 saturated heterocycles. The van der Waals surface area contributed by atoms with Crippen molar-refractivity contribution in [2.24, 2.45) is 5.92 Å². The van der Waals surface area contributed by atoms with Gasteiger partial charge in [0.05, 0.1) is 12.5 Å². The highest BCUT2D eigenvalue weighted by Gasteiger charge is 2.31. The van der Waals surface area contributed by atoms with E-state index in [1.54, 1.807) is 0 Å². The minimum Gasteiger partial charge on any atom is -0.349 e. The van der Waals surface area contributed by atoms with Gasteiger partial charge in [0.1, 0.15) is 12.2 Å². The van der Waals surface area contributed by atoms with Crippen LogP contribution in [0.3, 0.4) is 0 Å². The van der Waals surface area contributed by atoms with Crippen molar-refractivity contribution in [3.63, 3.8) is 0 Å². The van der Waals surface area contributed by atoms with E-state index < -0.39 is 0 Å². The second-order valence-corrected chi connectivity index (χ2v) is 7.85. The molecule has 4 heterocycles. The fraction of sp³-hybridized carbons (Fsp3) is 0.600. The van der Waals surface area contributed by atoms with Crippen molar-refractivity contribution in [3.05, 3.63) is 42.2 Å². The smallest absolute Gasteiger partial charge is 0.224 e. The van der Waals surface area contributed by atoms with E-state index in [1.807, 2.05) is 12.4 Å². The lowest BCUT2D eigenvalue weighted by Gasteiger charge is -2.42. The van der Waals surface area contributed by atoms with Gasteiger partial charge < -0.3 is 5.32 Å². The molecule has 0 radical (unpaired) electrons. The van der Waals surface area contributed by atoms with Gasteiger partial charge in [0, 0.05) is 31.5 Å². The number of likely N-dealkylation sites (tertiary alicyclic amines) is 2. The molecule has 0 bridgehead atoms. The first kappa shape index (κ1) is 19.0. The quantitative estimate of drug-likeness (QED) is 0.779. The van der Waals surface area contributed by atoms with Gasteiger partial charge in [-0.15, -0.1) is 0 Å². The third-order valence-corrected chi connectivity index (χ3v) is 5.95. The molecule has 1 unspecified atom stereocenters. The van der Waals surface area contributed by atoms with E-state index >= 15 is 0 Å². The molecule has 4 rings (SSSR count). The summed E-state index contributed by atoms with van der Waals surface area (Å²) in [5.74, 6) is 0.908. The Morgan fingerprint density at radius 1 is 1.18 bits per heavy atom. The Labute approximate surface area is 165 Å². The Balaban J connectivity index is 1.23. The van der Waals surface area contributed by atoms with E-state index in [9.17, 15) is 4.79 Å². The topological polar surface area (TPSA) is 90.0 Å². The molecule has 1 atom stereocenters. The molecule has 28 heavy (non-hydrogen) atoms. The standard InChI is InChI=1S/C20H29N7O/c28-20(22-12-19-23-15-24-25-19)17-2-1-9-27(14-17)18-5-10-26(11-6-18)13-16-3-7-21-8-4-16/h3-4,7-8,15,17-18H,1-2,5-6,9-14H2,(H,22,28)(H,23,24,25). The minimum atomic E-state index is 0.0755. The number of carbonyl (C=O) groups excluding carboxylic acids is 1. The molecule has 0 aliphatic carbocycles. The molecule has 0 aromatic carbocycles. The maximum Gasteiger partial charge on any atom is 0.224 e. The average Bonchev–Trinajstić information content (AvgIpc) is 3.27. The van der Waals surface area contributed by atoms with Crippen LogP contribution >= 0.6 is 0 Å². The van der Waals surface area contributed by atoms with Crippen LogP contribution in [-0.4, -0.2) is 68.1 Å². The highest BCUT2D eigenvalue weighted by Crippen LogP contribution is 2.24. The zero-order valence-electron chi connectivity index (χ0n) is 16.3. The van der Waals surface area contributed by atoms with Crippen LogP contribution in [0.2, 0.25) is 0 Å². The maximum absolute atomic E-state index is 12.6. The van der Waals surface area contributed by atoms with Crippen LogP contribution in [0.1, 0.15) is 37.1 Å². The van der Waals surface area contributed by atoms with E-state index in [2.05, 4.69) is 47.4 Å². The molecule has 2 aromatic rings. The summed E-state index contributed by atoms with van der Waals surface area (Å²) in [5.41, 5.74) is 1.33. The number of nitrogens with zero attached hydrogens (tertiary/aromatic N) is 5. The van der Waals surface area contributed by atoms with Gasteiger partial charge in [-0.2, -0.15) is 5.10 Å². The van der Waals surface area contributed by atoms with Gasteiger partial charge in [0.2, 0.25) is 5.91 Å². The van der Waals surface area contributed by atoms with Crippen molar-refractivity contribution in [1.82, 2.24) is 35.3 Å². The predicted octanol–water partition coefficient (Wildman–Crippen LogP) is 1.19. The fourth-order valence-corrected chi connectivity index (χ4v) is 4.37. The summed E-state index contributed by atoms with van der Waals surface area (Å²) < 4.78 is 0. The fourth-order valence-electron chi connectivity index (χ4n) is 4.37. The molecule has 150 valence electrons. The third kappa shape index (κ3) is 4.94. The normalized spacial score (nSPS) is 22.2. The van der Waals surface area contributed by atoms with Gasteiger partial charge in [0.25, 0.3) is 0 Å². The van der Waals surface area contributed by atoms with E-state index in [-0.39, 0.29) is 11.8 Å². The Morgan fingerprint density at radius 3 is 2.75 bits per heavy atom. The van der Waals surface area contributed by atoms with Crippen LogP contribution < -0.4 is 5.32 Å². The van der Waals surface area contributed by atoms with E-state index in [1.165, 1.54) is 24.7 Å². The Kier molecular flexibility index (Phi) is 6.28. The van der Waals surface area contributed by atoms with Gasteiger partial charge >= 0.3 is 0 Å². The van der Waals surface area contributed by atoms with Crippen LogP contribution in [0.25, 0.3) is 0 Å². The summed E-state index contributed by atoms with van der Waals surface area (Å²) in [6, 6.07) is 4.79. The van der Waals surface area contributed by atoms with Crippen molar-refractivity contribution < 1.29 is 4.79 Å². The van der Waals surface area contributed by atoms with Gasteiger partial charge in [-0.3, -0.25) is 24.7 Å². The number of aromatic amines is 1. The molecule has 2 aliphatic heterocycles. The van der Waals surface area contributed by atoms with Crippen LogP contribution in [0.4, 0.5) is 0 Å². The number of nitrogens with one attached hydrogen (secondary N) is 2. The van der Waals surface area contributed by atoms with Gasteiger partial charge in [-0.05, 0) is 63.0 Å². The van der Waals surface area contributed by atoms with Gasteiger partial charge in [-0.1, -0.05) is 0 Å². The SMILES string of the molecule is O=C(NCc1ncn[nH]1)C1CCCN(C2CCN(Cc3ccncc3)CC2)C1. The number of amides is 1. The first-order chi connectivity index (χ1) is 13.8. The summed E-state index contributed by atoms with van der Waals surface area (Å²) in [5, 5.41) is 9.60. The predicted molar refractivity (Wildman–Crippen MR) is 105 cm³/mol. The summed E-state index contributed by atoms with van der Waals surface area (Å²) in [7, 11) is 0. The molecule has 8 nitrogen and oxygen atoms in total. The molecule has 2 N–H and O–H groups in total. The first-order valence-corrected chi connectivity index (χ1v) is 10.2. The number of aromatic nitrogens is 4. The zero-order chi connectivity index (χ0) is 19.2. The average molecular weight is 384 g/mol. The molecule has 2 fully saturated rings. The second-order valence-electron chi connectivity index (χ2n) is 7.85. The number of carbonyl (C=O) groups is 1. The second kappa shape index (κ2) is 9.25. The monoisotopic (exact) mass is 383 g/mol. The minimum absolute atomic E-state index is 0.0755. The molecule has 0 saturated carbocycles. The Bertz CT molecular complexity index is 728. The molecule has 8 heteroatoms. The maximum atomic E-state index is 12.6. The number of pyridine rings is 1. The molecular weight excluding hydrogens is 354 g/mol. The number of hydrogen-bond acceptors (Lipinski definition) is 6. The van der Waals surface area contributed by atoms with Crippen molar-refractivity contribution >= 4 is 5.91 Å². The van der Waals surface area contributed by atoms with Crippen LogP contribution in [0.5, 0.6) is 0 Å². The van der Waals surface area contributed by atoms with Crippen LogP contribution in [0.15, 0.2) is 30.9 Å². The lowest BCUT2D eigenvalue weighted by atomic mass is 9.93. The number of hydrogen-bond donors (Lipinski definition) is 2. The molecule has 2 aromatic heterocycles. The highest BCUT2D eigenvalue weighted by molar-refractivity contribution is 5.78. The van der Waals surface area contributed by atoms with E-state index in [0.717, 1.165) is 45.6 Å². The Hall–Kier alpha value is -2.32. The summed E-state index contributed by atoms with van der Waals surface area (Å²) >= 11 is 0. The number of rotatable bonds is 6. The molecular formula is C20H29N7O. The highest BCUT2D eigenvalue weighted by atomic mass is 16.1. The lowest BCUT2D eigenvalue weighted by Crippen LogP contribution is -2.50. The number of H-pyrrole nitrogens is 1. The molecule has 0 spiro atoms. The van der Waals surface area contributed by atoms with Crippen molar-refractivity contribution in [2.45, 2.75) is 44.8 Å². The van der Waals surface area contributed by atoms with Gasteiger partial charge in [0.15, 0.2) is 0 Å². The van der Waals surface area contributed by atoms with E-state index in [4.69, 9.17) is 0 Å². The molecule has 1 amide bonds. The summed E-state index contributed by atoms with van der Waals surface area (Å²) in [6.45, 7) is 5.64. The van der Waals surface area contributed by atoms with Crippen LogP contribution in [0, 0.1) is 5.92 Å². The first-order valence-electron chi connectivity index (χ1n) is 10.2. The third-order valence-electron chi connectivity index (χ3n) is 5.95. The lowest BCUT2D eigenvalue weighted by molar-refractivity contribution is -0.127. The zero-order valence-corrected chi connectivity index (χ0v) is 16.3. The molecule has 2 aliphatic rings. The van der Waals surface area contributed by atoms with Gasteiger partial charge in [-0.25, -0.2) is 4.98 Å². The number of piperidine rings is 2. The Morgan fingerprint density at radius 2 is 2.00 bits per heavy atom.